The van der Waals surface area contributed by atoms with E-state index in [1.165, 1.54) is 18.0 Å². The van der Waals surface area contributed by atoms with Crippen LogP contribution in [0.15, 0.2) is 45.8 Å². The van der Waals surface area contributed by atoms with E-state index in [-0.39, 0.29) is 17.8 Å². The van der Waals surface area contributed by atoms with Gasteiger partial charge in [0.05, 0.1) is 40.4 Å². The van der Waals surface area contributed by atoms with E-state index in [2.05, 4.69) is 15.5 Å². The Kier molecular flexibility index (Phi) is 7.95. The number of nitrogens with one attached hydrogen (secondary N) is 1. The molecule has 1 aromatic heterocycles. The largest absolute Gasteiger partial charge is 0.493 e. The first-order valence-electron chi connectivity index (χ1n) is 9.34. The third-order valence-corrected chi connectivity index (χ3v) is 6.61. The van der Waals surface area contributed by atoms with Gasteiger partial charge in [-0.05, 0) is 43.2 Å². The van der Waals surface area contributed by atoms with Gasteiger partial charge >= 0.3 is 0 Å². The minimum atomic E-state index is -0.217. The van der Waals surface area contributed by atoms with Crippen LogP contribution in [-0.4, -0.2) is 36.1 Å². The quantitative estimate of drug-likeness (QED) is 0.262. The highest BCUT2D eigenvalue weighted by atomic mass is 35.5. The molecule has 30 heavy (non-hydrogen) atoms. The Bertz CT molecular complexity index is 1020. The number of halogens is 1. The van der Waals surface area contributed by atoms with Crippen LogP contribution in [0.5, 0.6) is 11.5 Å². The molecule has 0 aliphatic carbocycles. The number of hydrogen-bond donors (Lipinski definition) is 1. The van der Waals surface area contributed by atoms with Gasteiger partial charge in [-0.1, -0.05) is 42.4 Å². The molecule has 0 radical (unpaired) electrons. The number of thiazole rings is 1. The van der Waals surface area contributed by atoms with Crippen LogP contribution in [-0.2, 0) is 4.79 Å². The number of carbonyl (C=O) groups is 1. The molecule has 0 aliphatic heterocycles. The van der Waals surface area contributed by atoms with Gasteiger partial charge in [0, 0.05) is 0 Å². The highest BCUT2D eigenvalue weighted by Crippen LogP contribution is 2.37. The predicted octanol–water partition coefficient (Wildman–Crippen LogP) is 5.38. The SMILES string of the molecule is CC[C@H](C)Oc1c(Cl)cc(/C=N/NC(=O)CSc2nc3ccccc3s2)cc1OC. The summed E-state index contributed by atoms with van der Waals surface area (Å²) in [4.78, 5) is 16.6. The van der Waals surface area contributed by atoms with Crippen molar-refractivity contribution in [3.63, 3.8) is 0 Å². The fourth-order valence-electron chi connectivity index (χ4n) is 2.46. The first-order valence-corrected chi connectivity index (χ1v) is 11.5. The highest BCUT2D eigenvalue weighted by Gasteiger charge is 2.14. The Morgan fingerprint density at radius 2 is 2.20 bits per heavy atom. The fourth-order valence-corrected chi connectivity index (χ4v) is 4.59. The van der Waals surface area contributed by atoms with Crippen molar-refractivity contribution in [1.82, 2.24) is 10.4 Å². The zero-order chi connectivity index (χ0) is 21.5. The van der Waals surface area contributed by atoms with Crippen LogP contribution in [0, 0.1) is 0 Å². The van der Waals surface area contributed by atoms with Crippen LogP contribution in [0.4, 0.5) is 0 Å². The van der Waals surface area contributed by atoms with Crippen molar-refractivity contribution in [1.29, 1.82) is 0 Å². The van der Waals surface area contributed by atoms with Crippen molar-refractivity contribution in [2.45, 2.75) is 30.7 Å². The zero-order valence-corrected chi connectivity index (χ0v) is 19.2. The molecular formula is C21H22ClN3O3S2. The lowest BCUT2D eigenvalue weighted by Gasteiger charge is -2.17. The van der Waals surface area contributed by atoms with E-state index in [4.69, 9.17) is 21.1 Å². The highest BCUT2D eigenvalue weighted by molar-refractivity contribution is 8.01. The Balaban J connectivity index is 1.57. The number of rotatable bonds is 9. The number of amides is 1. The molecule has 1 heterocycles. The molecule has 3 rings (SSSR count). The van der Waals surface area contributed by atoms with Gasteiger partial charge in [0.2, 0.25) is 0 Å². The Morgan fingerprint density at radius 1 is 1.40 bits per heavy atom. The summed E-state index contributed by atoms with van der Waals surface area (Å²) in [6.07, 6.45) is 2.38. The van der Waals surface area contributed by atoms with Gasteiger partial charge in [0.15, 0.2) is 15.8 Å². The third-order valence-electron chi connectivity index (χ3n) is 4.15. The Labute approximate surface area is 188 Å². The van der Waals surface area contributed by atoms with Gasteiger partial charge in [0.25, 0.3) is 5.91 Å². The first kappa shape index (κ1) is 22.4. The standard InChI is InChI=1S/C21H22ClN3O3S2/c1-4-13(2)28-20-15(22)9-14(10-17(20)27-3)11-23-25-19(26)12-29-21-24-16-7-5-6-8-18(16)30-21/h5-11,13H,4,12H2,1-3H3,(H,25,26)/b23-11+/t13-/m0/s1. The van der Waals surface area contributed by atoms with Crippen molar-refractivity contribution < 1.29 is 14.3 Å². The number of carbonyl (C=O) groups excluding carboxylic acids is 1. The summed E-state index contributed by atoms with van der Waals surface area (Å²) in [5.74, 6) is 1.03. The van der Waals surface area contributed by atoms with E-state index in [9.17, 15) is 4.79 Å². The maximum absolute atomic E-state index is 12.1. The topological polar surface area (TPSA) is 72.8 Å². The van der Waals surface area contributed by atoms with E-state index < -0.39 is 0 Å². The number of nitrogens with zero attached hydrogens (tertiary/aromatic N) is 2. The van der Waals surface area contributed by atoms with Crippen molar-refractivity contribution in [2.75, 3.05) is 12.9 Å². The second kappa shape index (κ2) is 10.7. The lowest BCUT2D eigenvalue weighted by Crippen LogP contribution is -2.19. The molecule has 9 heteroatoms. The average Bonchev–Trinajstić information content (AvgIpc) is 3.16. The van der Waals surface area contributed by atoms with Crippen LogP contribution >= 0.6 is 34.7 Å². The number of thioether (sulfide) groups is 1. The summed E-state index contributed by atoms with van der Waals surface area (Å²) in [6.45, 7) is 4.00. The fraction of sp³-hybridized carbons (Fsp3) is 0.286. The molecule has 1 N–H and O–H groups in total. The number of aromatic nitrogens is 1. The summed E-state index contributed by atoms with van der Waals surface area (Å²) >= 11 is 9.29. The molecule has 0 unspecified atom stereocenters. The van der Waals surface area contributed by atoms with E-state index >= 15 is 0 Å². The Morgan fingerprint density at radius 3 is 2.93 bits per heavy atom. The number of fused-ring (bicyclic) bond motifs is 1. The van der Waals surface area contributed by atoms with E-state index in [0.717, 1.165) is 21.0 Å². The number of hydrogen-bond acceptors (Lipinski definition) is 7. The normalized spacial score (nSPS) is 12.3. The second-order valence-corrected chi connectivity index (χ2v) is 9.06. The minimum absolute atomic E-state index is 0.0168. The summed E-state index contributed by atoms with van der Waals surface area (Å²) in [5, 5.41) is 4.43. The predicted molar refractivity (Wildman–Crippen MR) is 124 cm³/mol. The van der Waals surface area contributed by atoms with Crippen molar-refractivity contribution in [2.24, 2.45) is 5.10 Å². The molecule has 0 fully saturated rings. The molecule has 0 saturated carbocycles. The molecule has 0 aliphatic rings. The summed E-state index contributed by atoms with van der Waals surface area (Å²) < 4.78 is 13.2. The number of para-hydroxylation sites is 1. The summed E-state index contributed by atoms with van der Waals surface area (Å²) in [5.41, 5.74) is 4.15. The van der Waals surface area contributed by atoms with E-state index in [0.29, 0.717) is 22.1 Å². The molecule has 0 saturated heterocycles. The van der Waals surface area contributed by atoms with Crippen LogP contribution in [0.2, 0.25) is 5.02 Å². The molecule has 6 nitrogen and oxygen atoms in total. The maximum atomic E-state index is 12.1. The van der Waals surface area contributed by atoms with Crippen LogP contribution in [0.3, 0.4) is 0 Å². The van der Waals surface area contributed by atoms with Gasteiger partial charge < -0.3 is 9.47 Å². The van der Waals surface area contributed by atoms with Crippen molar-refractivity contribution in [3.8, 4) is 11.5 Å². The van der Waals surface area contributed by atoms with Crippen LogP contribution < -0.4 is 14.9 Å². The zero-order valence-electron chi connectivity index (χ0n) is 16.8. The molecule has 1 amide bonds. The minimum Gasteiger partial charge on any atom is -0.493 e. The smallest absolute Gasteiger partial charge is 0.250 e. The lowest BCUT2D eigenvalue weighted by atomic mass is 10.2. The monoisotopic (exact) mass is 463 g/mol. The number of hydrazone groups is 1. The summed E-state index contributed by atoms with van der Waals surface area (Å²) in [7, 11) is 1.55. The first-order chi connectivity index (χ1) is 14.5. The van der Waals surface area contributed by atoms with E-state index in [1.54, 1.807) is 30.6 Å². The average molecular weight is 464 g/mol. The molecule has 1 atom stereocenters. The van der Waals surface area contributed by atoms with Gasteiger partial charge in [-0.3, -0.25) is 4.79 Å². The van der Waals surface area contributed by atoms with Crippen molar-refractivity contribution in [3.05, 3.63) is 47.0 Å². The molecular weight excluding hydrogens is 442 g/mol. The van der Waals surface area contributed by atoms with Crippen molar-refractivity contribution >= 4 is 57.0 Å². The van der Waals surface area contributed by atoms with Gasteiger partial charge in [-0.15, -0.1) is 11.3 Å². The number of ether oxygens (including phenoxy) is 2. The summed E-state index contributed by atoms with van der Waals surface area (Å²) in [6, 6.07) is 11.4. The van der Waals surface area contributed by atoms with Crippen LogP contribution in [0.1, 0.15) is 25.8 Å². The van der Waals surface area contributed by atoms with Gasteiger partial charge in [-0.25, -0.2) is 10.4 Å². The number of benzene rings is 2. The van der Waals surface area contributed by atoms with Gasteiger partial charge in [0.1, 0.15) is 0 Å². The molecule has 0 spiro atoms. The Hall–Kier alpha value is -2.29. The second-order valence-electron chi connectivity index (χ2n) is 6.40. The molecule has 2 aromatic carbocycles. The number of methoxy groups -OCH3 is 1. The molecule has 0 bridgehead atoms. The van der Waals surface area contributed by atoms with E-state index in [1.807, 2.05) is 38.1 Å². The lowest BCUT2D eigenvalue weighted by molar-refractivity contribution is -0.118. The maximum Gasteiger partial charge on any atom is 0.250 e. The third kappa shape index (κ3) is 5.87. The van der Waals surface area contributed by atoms with Crippen LogP contribution in [0.25, 0.3) is 10.2 Å². The molecule has 158 valence electrons. The van der Waals surface area contributed by atoms with Gasteiger partial charge in [-0.2, -0.15) is 5.10 Å². The molecule has 3 aromatic rings.